The van der Waals surface area contributed by atoms with E-state index in [4.69, 9.17) is 28.6 Å². The van der Waals surface area contributed by atoms with Gasteiger partial charge >= 0.3 is 0 Å². The van der Waals surface area contributed by atoms with E-state index in [1.165, 1.54) is 32.1 Å². The van der Waals surface area contributed by atoms with E-state index >= 15 is 0 Å². The monoisotopic (exact) mass is 368 g/mol. The summed E-state index contributed by atoms with van der Waals surface area (Å²) in [6.45, 7) is 4.91. The van der Waals surface area contributed by atoms with Crippen molar-refractivity contribution >= 4 is 34.6 Å². The van der Waals surface area contributed by atoms with E-state index in [2.05, 4.69) is 10.6 Å². The minimum absolute atomic E-state index is 0.299. The van der Waals surface area contributed by atoms with Crippen LogP contribution in [-0.2, 0) is 4.74 Å². The summed E-state index contributed by atoms with van der Waals surface area (Å²) in [7, 11) is 0. The largest absolute Gasteiger partial charge is 0.370 e. The predicted octanol–water partition coefficient (Wildman–Crippen LogP) is 2.24. The smallest absolute Gasteiger partial charge is 0.171 e. The van der Waals surface area contributed by atoms with E-state index in [0.29, 0.717) is 10.7 Å². The maximum absolute atomic E-state index is 5.93. The molecule has 0 amide bonds. The van der Waals surface area contributed by atoms with Gasteiger partial charge in [0.2, 0.25) is 0 Å². The first-order valence-electron chi connectivity index (χ1n) is 8.91. The molecule has 0 spiro atoms. The maximum atomic E-state index is 5.93. The molecule has 24 heavy (non-hydrogen) atoms. The summed E-state index contributed by atoms with van der Waals surface area (Å²) in [5, 5.41) is 8.16. The molecule has 1 aliphatic heterocycles. The molecule has 1 saturated carbocycles. The van der Waals surface area contributed by atoms with Crippen molar-refractivity contribution in [2.24, 2.45) is 0 Å². The molecule has 132 valence electrons. The number of thiocarbonyl (C=S) groups is 1. The van der Waals surface area contributed by atoms with Gasteiger partial charge in [-0.1, -0.05) is 18.0 Å². The molecular weight excluding hydrogens is 342 g/mol. The van der Waals surface area contributed by atoms with Gasteiger partial charge in [-0.2, -0.15) is 0 Å². The van der Waals surface area contributed by atoms with E-state index in [-0.39, 0.29) is 0 Å². The van der Waals surface area contributed by atoms with Crippen molar-refractivity contribution in [1.29, 1.82) is 0 Å². The molecule has 1 aliphatic carbocycles. The maximum Gasteiger partial charge on any atom is 0.171 e. The Hall–Kier alpha value is -0.880. The van der Waals surface area contributed by atoms with Crippen LogP contribution >= 0.6 is 23.8 Å². The van der Waals surface area contributed by atoms with E-state index in [1.54, 1.807) is 4.90 Å². The van der Waals surface area contributed by atoms with Crippen molar-refractivity contribution in [3.8, 4) is 0 Å². The normalized spacial score (nSPS) is 21.2. The molecule has 1 heterocycles. The van der Waals surface area contributed by atoms with E-state index < -0.39 is 0 Å². The molecule has 1 aromatic rings. The summed E-state index contributed by atoms with van der Waals surface area (Å²) in [5.41, 5.74) is 1.27. The van der Waals surface area contributed by atoms with Gasteiger partial charge in [-0.3, -0.25) is 0 Å². The lowest BCUT2D eigenvalue weighted by Gasteiger charge is -2.45. The Morgan fingerprint density at radius 3 is 2.46 bits per heavy atom. The van der Waals surface area contributed by atoms with Crippen LogP contribution in [0.1, 0.15) is 32.1 Å². The van der Waals surface area contributed by atoms with Crippen molar-refractivity contribution < 1.29 is 9.64 Å². The zero-order valence-corrected chi connectivity index (χ0v) is 15.6. The zero-order chi connectivity index (χ0) is 16.8. The third-order valence-electron chi connectivity index (χ3n) is 5.35. The van der Waals surface area contributed by atoms with Crippen LogP contribution in [0.3, 0.4) is 0 Å². The van der Waals surface area contributed by atoms with E-state index in [9.17, 15) is 0 Å². The standard InChI is InChI=1S/C18H26ClN3OS/c19-15-4-6-16(7-5-15)21-17(24)20-14-18(8-2-1-3-9-18)22-10-12-23-13-11-22/h4-7H,1-3,8-14H2,(H2,20,21,24)/p+1. The van der Waals surface area contributed by atoms with Gasteiger partial charge in [-0.05, 0) is 49.3 Å². The molecule has 6 heteroatoms. The highest BCUT2D eigenvalue weighted by Crippen LogP contribution is 2.25. The Morgan fingerprint density at radius 1 is 1.12 bits per heavy atom. The van der Waals surface area contributed by atoms with Crippen LogP contribution < -0.4 is 15.5 Å². The molecule has 3 N–H and O–H groups in total. The number of halogens is 1. The van der Waals surface area contributed by atoms with Crippen LogP contribution in [0.15, 0.2) is 24.3 Å². The van der Waals surface area contributed by atoms with E-state index in [0.717, 1.165) is 43.6 Å². The van der Waals surface area contributed by atoms with Crippen molar-refractivity contribution in [2.45, 2.75) is 37.6 Å². The number of ether oxygens (including phenoxy) is 1. The topological polar surface area (TPSA) is 37.7 Å². The highest BCUT2D eigenvalue weighted by Gasteiger charge is 2.42. The predicted molar refractivity (Wildman–Crippen MR) is 103 cm³/mol. The Morgan fingerprint density at radius 2 is 1.79 bits per heavy atom. The third-order valence-corrected chi connectivity index (χ3v) is 5.84. The Kier molecular flexibility index (Phi) is 6.33. The summed E-state index contributed by atoms with van der Waals surface area (Å²) < 4.78 is 5.56. The second-order valence-corrected chi connectivity index (χ2v) is 7.72. The number of hydrogen-bond donors (Lipinski definition) is 3. The Bertz CT molecular complexity index is 540. The Balaban J connectivity index is 1.58. The summed E-state index contributed by atoms with van der Waals surface area (Å²) >= 11 is 11.4. The number of benzene rings is 1. The third kappa shape index (κ3) is 4.60. The van der Waals surface area contributed by atoms with Gasteiger partial charge in [0.05, 0.1) is 19.8 Å². The first-order chi connectivity index (χ1) is 11.7. The number of morpholine rings is 1. The van der Waals surface area contributed by atoms with Gasteiger partial charge < -0.3 is 20.3 Å². The number of nitrogens with one attached hydrogen (secondary N) is 3. The van der Waals surface area contributed by atoms with Gasteiger partial charge in [0.15, 0.2) is 5.11 Å². The lowest BCUT2D eigenvalue weighted by atomic mass is 9.80. The molecule has 3 rings (SSSR count). The van der Waals surface area contributed by atoms with Crippen molar-refractivity contribution in [2.75, 3.05) is 38.2 Å². The lowest BCUT2D eigenvalue weighted by Crippen LogP contribution is -3.23. The summed E-state index contributed by atoms with van der Waals surface area (Å²) in [6, 6.07) is 7.62. The van der Waals surface area contributed by atoms with Gasteiger partial charge in [0, 0.05) is 23.6 Å². The van der Waals surface area contributed by atoms with Gasteiger partial charge in [-0.25, -0.2) is 0 Å². The number of hydrogen-bond acceptors (Lipinski definition) is 2. The van der Waals surface area contributed by atoms with Crippen molar-refractivity contribution in [1.82, 2.24) is 5.32 Å². The first-order valence-corrected chi connectivity index (χ1v) is 9.70. The fraction of sp³-hybridized carbons (Fsp3) is 0.611. The fourth-order valence-electron chi connectivity index (χ4n) is 3.99. The van der Waals surface area contributed by atoms with Crippen LogP contribution in [0.25, 0.3) is 0 Å². The number of anilines is 1. The van der Waals surface area contributed by atoms with Crippen LogP contribution in [0, 0.1) is 0 Å². The van der Waals surface area contributed by atoms with E-state index in [1.807, 2.05) is 24.3 Å². The van der Waals surface area contributed by atoms with Crippen molar-refractivity contribution in [3.63, 3.8) is 0 Å². The minimum atomic E-state index is 0.299. The molecule has 0 unspecified atom stereocenters. The molecule has 1 aromatic carbocycles. The van der Waals surface area contributed by atoms with Crippen LogP contribution in [0.4, 0.5) is 5.69 Å². The SMILES string of the molecule is S=C(NCC1([NH+]2CCOCC2)CCCCC1)Nc1ccc(Cl)cc1. The second-order valence-electron chi connectivity index (χ2n) is 6.87. The number of quaternary nitrogens is 1. The van der Waals surface area contributed by atoms with Crippen LogP contribution in [0.2, 0.25) is 5.02 Å². The molecule has 2 fully saturated rings. The quantitative estimate of drug-likeness (QED) is 0.713. The lowest BCUT2D eigenvalue weighted by molar-refractivity contribution is -0.960. The highest BCUT2D eigenvalue weighted by molar-refractivity contribution is 7.80. The summed E-state index contributed by atoms with van der Waals surface area (Å²) in [5.74, 6) is 0. The van der Waals surface area contributed by atoms with Crippen molar-refractivity contribution in [3.05, 3.63) is 29.3 Å². The molecule has 0 radical (unpaired) electrons. The summed E-state index contributed by atoms with van der Waals surface area (Å²) in [6.07, 6.45) is 6.56. The highest BCUT2D eigenvalue weighted by atomic mass is 35.5. The Labute approximate surface area is 154 Å². The van der Waals surface area contributed by atoms with Crippen LogP contribution in [-0.4, -0.2) is 43.5 Å². The van der Waals surface area contributed by atoms with Gasteiger partial charge in [0.25, 0.3) is 0 Å². The average Bonchev–Trinajstić information content (AvgIpc) is 2.63. The minimum Gasteiger partial charge on any atom is -0.370 e. The molecular formula is C18H27ClN3OS+. The molecule has 1 saturated heterocycles. The molecule has 4 nitrogen and oxygen atoms in total. The average molecular weight is 369 g/mol. The van der Waals surface area contributed by atoms with Crippen LogP contribution in [0.5, 0.6) is 0 Å². The number of rotatable bonds is 4. The molecule has 0 atom stereocenters. The van der Waals surface area contributed by atoms with Gasteiger partial charge in [0.1, 0.15) is 18.6 Å². The molecule has 2 aliphatic rings. The second kappa shape index (κ2) is 8.48. The summed E-state index contributed by atoms with van der Waals surface area (Å²) in [4.78, 5) is 1.69. The van der Waals surface area contributed by atoms with Gasteiger partial charge in [-0.15, -0.1) is 0 Å². The first kappa shape index (κ1) is 17.9. The molecule has 0 aromatic heterocycles. The fourth-order valence-corrected chi connectivity index (χ4v) is 4.31. The zero-order valence-electron chi connectivity index (χ0n) is 14.1. The molecule has 0 bridgehead atoms.